The molecular formula is C60H116O17P2. The molecule has 19 heteroatoms. The molecule has 0 aliphatic heterocycles. The smallest absolute Gasteiger partial charge is 0.462 e. The van der Waals surface area contributed by atoms with E-state index in [1.165, 1.54) is 103 Å². The molecule has 17 nitrogen and oxygen atoms in total. The molecule has 0 heterocycles. The zero-order valence-corrected chi connectivity index (χ0v) is 52.3. The summed E-state index contributed by atoms with van der Waals surface area (Å²) < 4.78 is 67.6. The number of carbonyl (C=O) groups excluding carboxylic acids is 4. The van der Waals surface area contributed by atoms with Crippen LogP contribution in [0, 0.1) is 5.92 Å². The third-order valence-electron chi connectivity index (χ3n) is 13.8. The van der Waals surface area contributed by atoms with Crippen LogP contribution in [0.5, 0.6) is 0 Å². The van der Waals surface area contributed by atoms with Crippen molar-refractivity contribution in [2.75, 3.05) is 39.6 Å². The molecule has 0 radical (unpaired) electrons. The first-order valence-corrected chi connectivity index (χ1v) is 34.6. The van der Waals surface area contributed by atoms with Crippen molar-refractivity contribution >= 4 is 39.5 Å². The summed E-state index contributed by atoms with van der Waals surface area (Å²) in [7, 11) is -9.87. The minimum absolute atomic E-state index is 0.104. The van der Waals surface area contributed by atoms with E-state index >= 15 is 0 Å². The average Bonchev–Trinajstić information content (AvgIpc) is 3.41. The second-order valence-electron chi connectivity index (χ2n) is 22.2. The lowest BCUT2D eigenvalue weighted by Crippen LogP contribution is -2.30. The van der Waals surface area contributed by atoms with E-state index in [2.05, 4.69) is 34.6 Å². The molecule has 0 amide bonds. The zero-order valence-electron chi connectivity index (χ0n) is 50.5. The molecule has 468 valence electrons. The Morgan fingerprint density at radius 2 is 0.582 bits per heavy atom. The summed E-state index contributed by atoms with van der Waals surface area (Å²) in [6.45, 7) is 7.00. The Hall–Kier alpha value is -1.94. The molecule has 0 fully saturated rings. The van der Waals surface area contributed by atoms with E-state index in [-0.39, 0.29) is 25.7 Å². The number of aliphatic hydroxyl groups is 1. The lowest BCUT2D eigenvalue weighted by atomic mass is 10.0. The van der Waals surface area contributed by atoms with Crippen molar-refractivity contribution in [2.45, 2.75) is 316 Å². The standard InChI is InChI=1S/C60H116O17P2/c1-6-9-12-15-17-19-20-21-22-23-24-25-26-30-36-41-46-60(65)77-56(50-71-58(63)44-39-34-31-27-28-33-37-42-53(4)5)52-75-79(68,69)73-48-54(61)47-72-78(66,67)74-51-55(49-70-57(62)43-38-32-14-11-8-3)76-59(64)45-40-35-29-18-16-13-10-7-2/h53-56,61H,6-52H2,1-5H3,(H,66,67)(H,68,69)/t54-,55+,56+/m0/s1. The Kier molecular flexibility index (Phi) is 52.7. The number of phosphoric ester groups is 2. The molecule has 0 aromatic carbocycles. The second kappa shape index (κ2) is 54.0. The summed E-state index contributed by atoms with van der Waals surface area (Å²) in [5.41, 5.74) is 0. The molecule has 0 aliphatic carbocycles. The van der Waals surface area contributed by atoms with Gasteiger partial charge in [-0.25, -0.2) is 9.13 Å². The van der Waals surface area contributed by atoms with Crippen LogP contribution in [0.15, 0.2) is 0 Å². The Morgan fingerprint density at radius 3 is 0.861 bits per heavy atom. The van der Waals surface area contributed by atoms with Gasteiger partial charge in [-0.2, -0.15) is 0 Å². The van der Waals surface area contributed by atoms with Gasteiger partial charge in [0.15, 0.2) is 12.2 Å². The van der Waals surface area contributed by atoms with Crippen molar-refractivity contribution < 1.29 is 80.2 Å². The molecule has 0 rings (SSSR count). The van der Waals surface area contributed by atoms with Gasteiger partial charge in [-0.15, -0.1) is 0 Å². The summed E-state index contributed by atoms with van der Waals surface area (Å²) in [4.78, 5) is 71.7. The van der Waals surface area contributed by atoms with Gasteiger partial charge in [-0.05, 0) is 31.6 Å². The van der Waals surface area contributed by atoms with Gasteiger partial charge >= 0.3 is 39.5 Å². The number of hydrogen-bond acceptors (Lipinski definition) is 15. The van der Waals surface area contributed by atoms with Crippen LogP contribution < -0.4 is 0 Å². The molecule has 3 N–H and O–H groups in total. The third kappa shape index (κ3) is 55.0. The van der Waals surface area contributed by atoms with Crippen LogP contribution in [0.2, 0.25) is 0 Å². The predicted molar refractivity (Wildman–Crippen MR) is 312 cm³/mol. The summed E-state index contributed by atoms with van der Waals surface area (Å²) in [5, 5.41) is 10.5. The maximum Gasteiger partial charge on any atom is 0.472 e. The number of hydrogen-bond donors (Lipinski definition) is 3. The Bertz CT molecular complexity index is 1550. The maximum absolute atomic E-state index is 12.9. The highest BCUT2D eigenvalue weighted by Crippen LogP contribution is 2.45. The lowest BCUT2D eigenvalue weighted by Gasteiger charge is -2.21. The molecule has 5 atom stereocenters. The zero-order chi connectivity index (χ0) is 58.5. The van der Waals surface area contributed by atoms with Crippen LogP contribution in [-0.2, 0) is 65.4 Å². The second-order valence-corrected chi connectivity index (χ2v) is 25.1. The fourth-order valence-corrected chi connectivity index (χ4v) is 10.5. The van der Waals surface area contributed by atoms with Crippen molar-refractivity contribution in [2.24, 2.45) is 5.92 Å². The minimum Gasteiger partial charge on any atom is -0.462 e. The Balaban J connectivity index is 5.14. The first-order chi connectivity index (χ1) is 38.0. The van der Waals surface area contributed by atoms with E-state index in [0.29, 0.717) is 31.6 Å². The van der Waals surface area contributed by atoms with Crippen molar-refractivity contribution in [3.63, 3.8) is 0 Å². The van der Waals surface area contributed by atoms with Crippen molar-refractivity contribution in [3.05, 3.63) is 0 Å². The fourth-order valence-electron chi connectivity index (χ4n) is 8.88. The monoisotopic (exact) mass is 1170 g/mol. The van der Waals surface area contributed by atoms with Crippen LogP contribution >= 0.6 is 15.6 Å². The van der Waals surface area contributed by atoms with E-state index < -0.39 is 97.5 Å². The van der Waals surface area contributed by atoms with Crippen molar-refractivity contribution in [1.82, 2.24) is 0 Å². The number of esters is 4. The molecule has 2 unspecified atom stereocenters. The van der Waals surface area contributed by atoms with Gasteiger partial charge in [0.25, 0.3) is 0 Å². The molecule has 0 aliphatic rings. The molecular weight excluding hydrogens is 1050 g/mol. The molecule has 0 bridgehead atoms. The summed E-state index contributed by atoms with van der Waals surface area (Å²) in [5.74, 6) is -1.45. The summed E-state index contributed by atoms with van der Waals surface area (Å²) >= 11 is 0. The average molecular weight is 1170 g/mol. The summed E-state index contributed by atoms with van der Waals surface area (Å²) in [6.07, 6.45) is 36.7. The Labute approximate surface area is 479 Å². The first-order valence-electron chi connectivity index (χ1n) is 31.6. The largest absolute Gasteiger partial charge is 0.472 e. The van der Waals surface area contributed by atoms with Gasteiger partial charge in [0.05, 0.1) is 26.4 Å². The SMILES string of the molecule is CCCCCCCCCCCCCCCCCCC(=O)O[C@H](COC(=O)CCCCCCCCCC(C)C)COP(=O)(O)OC[C@@H](O)COP(=O)(O)OC[C@@H](COC(=O)CCCCCCC)OC(=O)CCCCCCCCCC. The summed E-state index contributed by atoms with van der Waals surface area (Å²) in [6, 6.07) is 0. The number of carbonyl (C=O) groups is 4. The highest BCUT2D eigenvalue weighted by atomic mass is 31.2. The van der Waals surface area contributed by atoms with Crippen LogP contribution in [0.4, 0.5) is 0 Å². The van der Waals surface area contributed by atoms with Crippen LogP contribution in [0.3, 0.4) is 0 Å². The topological polar surface area (TPSA) is 237 Å². The van der Waals surface area contributed by atoms with Gasteiger partial charge in [0, 0.05) is 25.7 Å². The van der Waals surface area contributed by atoms with Gasteiger partial charge in [-0.1, -0.05) is 247 Å². The Morgan fingerprint density at radius 1 is 0.342 bits per heavy atom. The van der Waals surface area contributed by atoms with Crippen molar-refractivity contribution in [3.8, 4) is 0 Å². The van der Waals surface area contributed by atoms with Gasteiger partial charge in [-0.3, -0.25) is 37.3 Å². The minimum atomic E-state index is -4.94. The van der Waals surface area contributed by atoms with E-state index in [1.807, 2.05) is 0 Å². The molecule has 79 heavy (non-hydrogen) atoms. The van der Waals surface area contributed by atoms with E-state index in [1.54, 1.807) is 0 Å². The normalized spacial score (nSPS) is 14.3. The van der Waals surface area contributed by atoms with Gasteiger partial charge < -0.3 is 33.8 Å². The lowest BCUT2D eigenvalue weighted by molar-refractivity contribution is -0.161. The number of unbranched alkanes of at least 4 members (excludes halogenated alkanes) is 32. The number of phosphoric acid groups is 2. The maximum atomic E-state index is 12.9. The van der Waals surface area contributed by atoms with Gasteiger partial charge in [0.2, 0.25) is 0 Å². The highest BCUT2D eigenvalue weighted by Gasteiger charge is 2.30. The van der Waals surface area contributed by atoms with Crippen LogP contribution in [0.25, 0.3) is 0 Å². The number of aliphatic hydroxyl groups excluding tert-OH is 1. The molecule has 0 spiro atoms. The first kappa shape index (κ1) is 77.1. The van der Waals surface area contributed by atoms with Crippen molar-refractivity contribution in [1.29, 1.82) is 0 Å². The van der Waals surface area contributed by atoms with E-state index in [4.69, 9.17) is 37.0 Å². The molecule has 0 saturated heterocycles. The molecule has 0 aromatic rings. The predicted octanol–water partition coefficient (Wildman–Crippen LogP) is 16.2. The van der Waals surface area contributed by atoms with Crippen LogP contribution in [-0.4, -0.2) is 96.7 Å². The van der Waals surface area contributed by atoms with Gasteiger partial charge in [0.1, 0.15) is 19.3 Å². The third-order valence-corrected chi connectivity index (χ3v) is 15.7. The van der Waals surface area contributed by atoms with Crippen LogP contribution in [0.1, 0.15) is 298 Å². The van der Waals surface area contributed by atoms with E-state index in [9.17, 15) is 43.2 Å². The molecule has 0 saturated carbocycles. The highest BCUT2D eigenvalue weighted by molar-refractivity contribution is 7.47. The molecule has 0 aromatic heterocycles. The number of ether oxygens (including phenoxy) is 4. The fraction of sp³-hybridized carbons (Fsp3) is 0.933. The van der Waals surface area contributed by atoms with E-state index in [0.717, 1.165) is 109 Å². The number of rotatable bonds is 60. The quantitative estimate of drug-likeness (QED) is 0.0222.